The topological polar surface area (TPSA) is 49.6 Å². The molecule has 1 amide bonds. The van der Waals surface area contributed by atoms with Gasteiger partial charge in [-0.1, -0.05) is 18.6 Å². The van der Waals surface area contributed by atoms with Crippen LogP contribution in [0.5, 0.6) is 0 Å². The molecule has 1 atom stereocenters. The molecule has 0 bridgehead atoms. The molecule has 1 aromatic heterocycles. The Bertz CT molecular complexity index is 768. The fraction of sp³-hybridized carbons (Fsp3) is 0.524. The van der Waals surface area contributed by atoms with Crippen LogP contribution >= 0.6 is 0 Å². The number of hydrogen-bond donors (Lipinski definition) is 0. The molecular formula is C21H26FN3O2. The first-order chi connectivity index (χ1) is 13.2. The van der Waals surface area contributed by atoms with Gasteiger partial charge in [-0.25, -0.2) is 9.37 Å². The van der Waals surface area contributed by atoms with E-state index in [1.807, 2.05) is 4.90 Å². The molecule has 0 unspecified atom stereocenters. The van der Waals surface area contributed by atoms with Crippen LogP contribution in [0.15, 0.2) is 34.9 Å². The molecule has 0 spiro atoms. The van der Waals surface area contributed by atoms with Gasteiger partial charge in [0.2, 0.25) is 11.8 Å². The van der Waals surface area contributed by atoms with Crippen molar-refractivity contribution in [3.63, 3.8) is 0 Å². The molecule has 27 heavy (non-hydrogen) atoms. The van der Waals surface area contributed by atoms with Gasteiger partial charge < -0.3 is 9.32 Å². The van der Waals surface area contributed by atoms with E-state index in [-0.39, 0.29) is 17.8 Å². The minimum atomic E-state index is -0.245. The molecule has 2 fully saturated rings. The standard InChI is InChI=1S/C21H26FN3O2/c22-17-8-6-16(7-9-17)13-18-14-23-21(27-18)19-5-4-12-25(19)20(26)15-24-10-2-1-3-11-24/h6-9,14,19H,1-5,10-13,15H2/t19-/m0/s1. The number of benzene rings is 1. The summed E-state index contributed by atoms with van der Waals surface area (Å²) in [6, 6.07) is 6.34. The minimum absolute atomic E-state index is 0.0655. The highest BCUT2D eigenvalue weighted by atomic mass is 19.1. The Balaban J connectivity index is 1.40. The number of hydrogen-bond acceptors (Lipinski definition) is 4. The Hall–Kier alpha value is -2.21. The summed E-state index contributed by atoms with van der Waals surface area (Å²) in [5.74, 6) is 1.30. The molecule has 2 aromatic rings. The van der Waals surface area contributed by atoms with Crippen LogP contribution in [0.3, 0.4) is 0 Å². The maximum absolute atomic E-state index is 13.0. The van der Waals surface area contributed by atoms with Crippen molar-refractivity contribution in [1.82, 2.24) is 14.8 Å². The van der Waals surface area contributed by atoms with Crippen LogP contribution in [0.25, 0.3) is 0 Å². The van der Waals surface area contributed by atoms with E-state index in [1.165, 1.54) is 31.4 Å². The third kappa shape index (κ3) is 4.38. The van der Waals surface area contributed by atoms with E-state index in [0.717, 1.165) is 43.8 Å². The monoisotopic (exact) mass is 371 g/mol. The maximum Gasteiger partial charge on any atom is 0.237 e. The van der Waals surface area contributed by atoms with Crippen LogP contribution in [0, 0.1) is 5.82 Å². The molecule has 144 valence electrons. The summed E-state index contributed by atoms with van der Waals surface area (Å²) in [6.45, 7) is 3.31. The minimum Gasteiger partial charge on any atom is -0.443 e. The number of aromatic nitrogens is 1. The zero-order valence-corrected chi connectivity index (χ0v) is 15.6. The second-order valence-corrected chi connectivity index (χ2v) is 7.55. The zero-order chi connectivity index (χ0) is 18.6. The molecule has 2 aliphatic rings. The maximum atomic E-state index is 13.0. The SMILES string of the molecule is O=C(CN1CCCCC1)N1CCC[C@H]1c1ncc(Cc2ccc(F)cc2)o1. The molecular weight excluding hydrogens is 345 g/mol. The van der Waals surface area contributed by atoms with E-state index in [0.29, 0.717) is 18.9 Å². The van der Waals surface area contributed by atoms with E-state index in [4.69, 9.17) is 4.42 Å². The second-order valence-electron chi connectivity index (χ2n) is 7.55. The number of halogens is 1. The van der Waals surface area contributed by atoms with Crippen molar-refractivity contribution in [1.29, 1.82) is 0 Å². The summed E-state index contributed by atoms with van der Waals surface area (Å²) in [6.07, 6.45) is 7.80. The first kappa shape index (κ1) is 18.2. The number of likely N-dealkylation sites (tertiary alicyclic amines) is 2. The summed E-state index contributed by atoms with van der Waals surface area (Å²) in [4.78, 5) is 21.4. The highest BCUT2D eigenvalue weighted by Crippen LogP contribution is 2.32. The highest BCUT2D eigenvalue weighted by Gasteiger charge is 2.34. The summed E-state index contributed by atoms with van der Waals surface area (Å²) in [5, 5.41) is 0. The van der Waals surface area contributed by atoms with Crippen LogP contribution in [0.2, 0.25) is 0 Å². The van der Waals surface area contributed by atoms with E-state index < -0.39 is 0 Å². The predicted molar refractivity (Wildman–Crippen MR) is 99.7 cm³/mol. The van der Waals surface area contributed by atoms with Crippen LogP contribution in [0.4, 0.5) is 4.39 Å². The van der Waals surface area contributed by atoms with Crippen molar-refractivity contribution in [2.24, 2.45) is 0 Å². The Morgan fingerprint density at radius 3 is 2.67 bits per heavy atom. The molecule has 0 N–H and O–H groups in total. The Morgan fingerprint density at radius 2 is 1.89 bits per heavy atom. The molecule has 1 aromatic carbocycles. The van der Waals surface area contributed by atoms with E-state index >= 15 is 0 Å². The molecule has 4 rings (SSSR count). The Kier molecular flexibility index (Phi) is 5.53. The van der Waals surface area contributed by atoms with Gasteiger partial charge in [0.05, 0.1) is 12.7 Å². The number of carbonyl (C=O) groups is 1. The van der Waals surface area contributed by atoms with Gasteiger partial charge in [0.1, 0.15) is 17.6 Å². The average molecular weight is 371 g/mol. The number of piperidine rings is 1. The number of rotatable bonds is 5. The molecule has 3 heterocycles. The molecule has 0 saturated carbocycles. The van der Waals surface area contributed by atoms with Gasteiger partial charge in [0, 0.05) is 13.0 Å². The third-order valence-electron chi connectivity index (χ3n) is 5.53. The van der Waals surface area contributed by atoms with Gasteiger partial charge in [-0.15, -0.1) is 0 Å². The Labute approximate surface area is 159 Å². The van der Waals surface area contributed by atoms with Crippen molar-refractivity contribution in [2.75, 3.05) is 26.2 Å². The van der Waals surface area contributed by atoms with E-state index in [1.54, 1.807) is 18.3 Å². The molecule has 5 nitrogen and oxygen atoms in total. The van der Waals surface area contributed by atoms with Crippen molar-refractivity contribution in [2.45, 2.75) is 44.6 Å². The third-order valence-corrected chi connectivity index (χ3v) is 5.53. The number of amides is 1. The smallest absolute Gasteiger partial charge is 0.237 e. The lowest BCUT2D eigenvalue weighted by atomic mass is 10.1. The fourth-order valence-electron chi connectivity index (χ4n) is 4.08. The van der Waals surface area contributed by atoms with Gasteiger partial charge >= 0.3 is 0 Å². The van der Waals surface area contributed by atoms with Crippen molar-refractivity contribution >= 4 is 5.91 Å². The zero-order valence-electron chi connectivity index (χ0n) is 15.6. The van der Waals surface area contributed by atoms with Crippen LogP contribution < -0.4 is 0 Å². The van der Waals surface area contributed by atoms with Crippen molar-refractivity contribution < 1.29 is 13.6 Å². The quantitative estimate of drug-likeness (QED) is 0.806. The first-order valence-corrected chi connectivity index (χ1v) is 9.90. The van der Waals surface area contributed by atoms with Gasteiger partial charge in [-0.2, -0.15) is 0 Å². The second kappa shape index (κ2) is 8.21. The lowest BCUT2D eigenvalue weighted by Gasteiger charge is -2.29. The summed E-state index contributed by atoms with van der Waals surface area (Å²) >= 11 is 0. The molecule has 2 saturated heterocycles. The summed E-state index contributed by atoms with van der Waals surface area (Å²) < 4.78 is 19.0. The van der Waals surface area contributed by atoms with Gasteiger partial charge in [-0.3, -0.25) is 9.69 Å². The predicted octanol–water partition coefficient (Wildman–Crippen LogP) is 3.55. The highest BCUT2D eigenvalue weighted by molar-refractivity contribution is 5.79. The lowest BCUT2D eigenvalue weighted by Crippen LogP contribution is -2.42. The average Bonchev–Trinajstić information content (AvgIpc) is 3.33. The molecule has 2 aliphatic heterocycles. The van der Waals surface area contributed by atoms with Crippen LogP contribution in [-0.4, -0.2) is 46.9 Å². The van der Waals surface area contributed by atoms with Crippen molar-refractivity contribution in [3.05, 3.63) is 53.5 Å². The Morgan fingerprint density at radius 1 is 1.11 bits per heavy atom. The largest absolute Gasteiger partial charge is 0.443 e. The van der Waals surface area contributed by atoms with Gasteiger partial charge in [-0.05, 0) is 56.5 Å². The van der Waals surface area contributed by atoms with Crippen LogP contribution in [-0.2, 0) is 11.2 Å². The molecule has 6 heteroatoms. The van der Waals surface area contributed by atoms with Crippen molar-refractivity contribution in [3.8, 4) is 0 Å². The van der Waals surface area contributed by atoms with Gasteiger partial charge in [0.25, 0.3) is 0 Å². The van der Waals surface area contributed by atoms with E-state index in [9.17, 15) is 9.18 Å². The van der Waals surface area contributed by atoms with E-state index in [2.05, 4.69) is 9.88 Å². The summed E-state index contributed by atoms with van der Waals surface area (Å²) in [5.41, 5.74) is 0.976. The number of carbonyl (C=O) groups excluding carboxylic acids is 1. The van der Waals surface area contributed by atoms with Gasteiger partial charge in [0.15, 0.2) is 0 Å². The number of nitrogens with zero attached hydrogens (tertiary/aromatic N) is 3. The normalized spacial score (nSPS) is 20.9. The lowest BCUT2D eigenvalue weighted by molar-refractivity contribution is -0.134. The molecule has 0 radical (unpaired) electrons. The van der Waals surface area contributed by atoms with Crippen LogP contribution in [0.1, 0.15) is 55.4 Å². The summed E-state index contributed by atoms with van der Waals surface area (Å²) in [7, 11) is 0. The number of oxazole rings is 1. The first-order valence-electron chi connectivity index (χ1n) is 9.90. The fourth-order valence-corrected chi connectivity index (χ4v) is 4.08. The molecule has 0 aliphatic carbocycles.